The molecule has 0 aromatic carbocycles. The topological polar surface area (TPSA) is 89.1 Å². The van der Waals surface area contributed by atoms with Gasteiger partial charge in [0.25, 0.3) is 0 Å². The molecule has 0 unspecified atom stereocenters. The molecule has 0 N–H and O–H groups in total. The molecule has 0 saturated heterocycles. The Morgan fingerprint density at radius 2 is 0.568 bits per heavy atom. The fourth-order valence-electron chi connectivity index (χ4n) is 2.18. The third kappa shape index (κ3) is 31.2. The molecule has 9 nitrogen and oxygen atoms in total. The normalized spacial score (nSPS) is 12.2. The van der Waals surface area contributed by atoms with Crippen LogP contribution >= 0.6 is 0 Å². The molecule has 0 aromatic rings. The average Bonchev–Trinajstić information content (AvgIpc) is 2.65. The van der Waals surface area contributed by atoms with Crippen molar-refractivity contribution in [2.24, 2.45) is 15.0 Å². The van der Waals surface area contributed by atoms with Gasteiger partial charge in [-0.3, -0.25) is 0 Å². The summed E-state index contributed by atoms with van der Waals surface area (Å²) in [6.45, 7) is 24.7. The molecule has 0 heterocycles. The van der Waals surface area contributed by atoms with Crippen molar-refractivity contribution in [2.45, 2.75) is 119 Å². The first kappa shape index (κ1) is 43.2. The van der Waals surface area contributed by atoms with Crippen molar-refractivity contribution < 1.29 is 39.9 Å². The van der Waals surface area contributed by atoms with Crippen LogP contribution in [0.5, 0.6) is 0 Å². The van der Waals surface area contributed by atoms with Gasteiger partial charge in [0.1, 0.15) is 0 Å². The number of nitrogens with zero attached hydrogens (tertiary/aromatic N) is 9. The summed E-state index contributed by atoms with van der Waals surface area (Å²) in [5.41, 5.74) is 0. The molecule has 0 bridgehead atoms. The van der Waals surface area contributed by atoms with Crippen LogP contribution in [0.25, 0.3) is 16.0 Å². The number of hydrogen-bond donors (Lipinski definition) is 0. The maximum atomic E-state index is 4.39. The maximum absolute atomic E-state index is 4.39. The predicted molar refractivity (Wildman–Crippen MR) is 164 cm³/mol. The zero-order valence-corrected chi connectivity index (χ0v) is 29.6. The first-order valence-electron chi connectivity index (χ1n) is 13.2. The molecule has 0 aliphatic rings. The van der Waals surface area contributed by atoms with Crippen LogP contribution in [0.1, 0.15) is 83.1 Å². The van der Waals surface area contributed by atoms with E-state index in [4.69, 9.17) is 0 Å². The van der Waals surface area contributed by atoms with Crippen molar-refractivity contribution in [3.63, 3.8) is 0 Å². The molecule has 0 aliphatic carbocycles. The van der Waals surface area contributed by atoms with E-state index in [9.17, 15) is 0 Å². The van der Waals surface area contributed by atoms with Gasteiger partial charge in [0.2, 0.25) is 0 Å². The van der Waals surface area contributed by atoms with E-state index >= 15 is 0 Å². The zero-order chi connectivity index (χ0) is 29.2. The molecule has 0 saturated carbocycles. The molecule has 37 heavy (non-hydrogen) atoms. The van der Waals surface area contributed by atoms with Gasteiger partial charge >= 0.3 is 39.9 Å². The molecule has 221 valence electrons. The van der Waals surface area contributed by atoms with E-state index in [1.54, 1.807) is 0 Å². The van der Waals surface area contributed by atoms with Gasteiger partial charge in [0.15, 0.2) is 0 Å². The van der Waals surface area contributed by atoms with Gasteiger partial charge < -0.3 is 45.6 Å². The Balaban J connectivity index is -0.000000218. The fraction of sp³-hybridized carbons (Fsp3) is 0.889. The Labute approximate surface area is 263 Å². The minimum absolute atomic E-state index is 0. The molecule has 0 fully saturated rings. The average molecular weight is 668 g/mol. The van der Waals surface area contributed by atoms with Crippen LogP contribution in [0.2, 0.25) is 0 Å². The minimum Gasteiger partial charge on any atom is -0.432 e. The SMILES string of the molecule is CC(C)N=C([N-]C(C)C)N(C)C.CC(C)N=C([N-]C(C)C)N(C)C.CC(C)N=C([N-]C(C)C)N(C)C.[Gd+3]. The van der Waals surface area contributed by atoms with Gasteiger partial charge in [0.05, 0.1) is 0 Å². The van der Waals surface area contributed by atoms with Gasteiger partial charge in [-0.25, -0.2) is 0 Å². The molecule has 0 rings (SSSR count). The monoisotopic (exact) mass is 668 g/mol. The smallest absolute Gasteiger partial charge is 0.432 e. The van der Waals surface area contributed by atoms with Crippen molar-refractivity contribution in [1.82, 2.24) is 14.7 Å². The number of hydrogen-bond acceptors (Lipinski definition) is 3. The summed E-state index contributed by atoms with van der Waals surface area (Å²) >= 11 is 0. The summed E-state index contributed by atoms with van der Waals surface area (Å²) in [5, 5.41) is 13.2. The molecule has 10 heteroatoms. The third-order valence-corrected chi connectivity index (χ3v) is 3.44. The Kier molecular flexibility index (Phi) is 28.2. The quantitative estimate of drug-likeness (QED) is 0.247. The van der Waals surface area contributed by atoms with Crippen molar-refractivity contribution >= 4 is 17.9 Å². The second-order valence-electron chi connectivity index (χ2n) is 10.9. The molecule has 0 aliphatic heterocycles. The van der Waals surface area contributed by atoms with Crippen molar-refractivity contribution in [1.29, 1.82) is 0 Å². The van der Waals surface area contributed by atoms with E-state index in [-0.39, 0.29) is 39.9 Å². The molecule has 0 spiro atoms. The van der Waals surface area contributed by atoms with Crippen molar-refractivity contribution in [3.05, 3.63) is 16.0 Å². The number of guanidine groups is 3. The van der Waals surface area contributed by atoms with Crippen LogP contribution in [0.15, 0.2) is 15.0 Å². The van der Waals surface area contributed by atoms with Crippen molar-refractivity contribution in [2.75, 3.05) is 42.3 Å². The van der Waals surface area contributed by atoms with Crippen LogP contribution in [-0.2, 0) is 0 Å². The maximum Gasteiger partial charge on any atom is 3.00 e. The predicted octanol–water partition coefficient (Wildman–Crippen LogP) is 6.28. The molecular weight excluding hydrogens is 608 g/mol. The molecule has 0 aromatic heterocycles. The largest absolute Gasteiger partial charge is 3.00 e. The van der Waals surface area contributed by atoms with E-state index < -0.39 is 0 Å². The number of aliphatic imine (C=N–C) groups is 3. The van der Waals surface area contributed by atoms with E-state index in [2.05, 4.69) is 114 Å². The molecule has 0 amide bonds. The van der Waals surface area contributed by atoms with E-state index in [1.165, 1.54) is 0 Å². The second-order valence-corrected chi connectivity index (χ2v) is 10.9. The van der Waals surface area contributed by atoms with Gasteiger partial charge in [-0.1, -0.05) is 83.1 Å². The van der Waals surface area contributed by atoms with Crippen LogP contribution in [0.4, 0.5) is 0 Å². The molecular formula is C27H60GdN9. The second kappa shape index (κ2) is 24.2. The first-order chi connectivity index (χ1) is 16.3. The van der Waals surface area contributed by atoms with E-state index in [1.807, 2.05) is 57.0 Å². The molecule has 1 radical (unpaired) electrons. The van der Waals surface area contributed by atoms with Crippen LogP contribution < -0.4 is 0 Å². The van der Waals surface area contributed by atoms with Gasteiger partial charge in [-0.2, -0.15) is 0 Å². The first-order valence-corrected chi connectivity index (χ1v) is 13.2. The zero-order valence-electron chi connectivity index (χ0n) is 27.3. The Morgan fingerprint density at radius 3 is 0.649 bits per heavy atom. The summed E-state index contributed by atoms with van der Waals surface area (Å²) in [5.74, 6) is 2.50. The summed E-state index contributed by atoms with van der Waals surface area (Å²) < 4.78 is 0. The van der Waals surface area contributed by atoms with E-state index in [0.717, 1.165) is 17.9 Å². The molecule has 0 atom stereocenters. The van der Waals surface area contributed by atoms with Gasteiger partial charge in [-0.05, 0) is 78.5 Å². The van der Waals surface area contributed by atoms with Crippen LogP contribution in [0.3, 0.4) is 0 Å². The minimum atomic E-state index is 0. The van der Waals surface area contributed by atoms with Gasteiger partial charge in [-0.15, -0.1) is 0 Å². The van der Waals surface area contributed by atoms with Crippen LogP contribution in [0, 0.1) is 39.9 Å². The summed E-state index contributed by atoms with van der Waals surface area (Å²) in [7, 11) is 11.8. The third-order valence-electron chi connectivity index (χ3n) is 3.44. The standard InChI is InChI=1S/3C9H20N3.Gd/c3*1-7(2)10-9(12(5)6)11-8(3)4;/h3*7-8H,1-6H3;/q3*-1;+3. The summed E-state index contributed by atoms with van der Waals surface area (Å²) in [6, 6.07) is 1.86. The Bertz CT molecular complexity index is 536. The fourth-order valence-corrected chi connectivity index (χ4v) is 2.18. The number of rotatable bonds is 6. The van der Waals surface area contributed by atoms with Crippen molar-refractivity contribution in [3.8, 4) is 0 Å². The van der Waals surface area contributed by atoms with E-state index in [0.29, 0.717) is 36.3 Å². The van der Waals surface area contributed by atoms with Gasteiger partial charge in [0, 0.05) is 17.9 Å². The summed E-state index contributed by atoms with van der Waals surface area (Å²) in [6.07, 6.45) is 0. The Hall–Kier alpha value is -0.865. The van der Waals surface area contributed by atoms with Crippen LogP contribution in [-0.4, -0.2) is 111 Å². The Morgan fingerprint density at radius 1 is 0.405 bits per heavy atom. The summed E-state index contributed by atoms with van der Waals surface area (Å²) in [4.78, 5) is 19.0.